The molecule has 0 bridgehead atoms. The van der Waals surface area contributed by atoms with E-state index in [9.17, 15) is 4.79 Å². The summed E-state index contributed by atoms with van der Waals surface area (Å²) in [6.07, 6.45) is 1.56. The molecule has 0 spiro atoms. The Labute approximate surface area is 107 Å². The number of methoxy groups -OCH3 is 1. The van der Waals surface area contributed by atoms with Crippen molar-refractivity contribution in [3.63, 3.8) is 0 Å². The third-order valence-corrected chi connectivity index (χ3v) is 2.29. The van der Waals surface area contributed by atoms with E-state index in [0.717, 1.165) is 0 Å². The molecule has 0 atom stereocenters. The summed E-state index contributed by atoms with van der Waals surface area (Å²) >= 11 is 0. The summed E-state index contributed by atoms with van der Waals surface area (Å²) in [5.74, 6) is 0.208. The van der Waals surface area contributed by atoms with Gasteiger partial charge in [0.05, 0.1) is 13.2 Å². The molecule has 0 fully saturated rings. The quantitative estimate of drug-likeness (QED) is 0.816. The average molecular weight is 250 g/mol. The minimum absolute atomic E-state index is 0.0152. The molecule has 0 radical (unpaired) electrons. The normalized spacial score (nSPS) is 11.5. The molecule has 4 nitrogen and oxygen atoms in total. The standard InChI is InChI=1S/C14H18O4/c1-9(2)18-13-11(8-10(3)14(15)16)6-5-7-12(13)17-4/h5-9H,1-4H3,(H,15,16). The monoisotopic (exact) mass is 250 g/mol. The summed E-state index contributed by atoms with van der Waals surface area (Å²) in [4.78, 5) is 10.9. The Kier molecular flexibility index (Phi) is 4.77. The molecule has 1 N–H and O–H groups in total. The summed E-state index contributed by atoms with van der Waals surface area (Å²) in [5, 5.41) is 8.90. The number of aliphatic carboxylic acids is 1. The van der Waals surface area contributed by atoms with Gasteiger partial charge in [-0.25, -0.2) is 4.79 Å². The molecule has 0 aliphatic heterocycles. The SMILES string of the molecule is COc1cccc(C=C(C)C(=O)O)c1OC(C)C. The molecular formula is C14H18O4. The highest BCUT2D eigenvalue weighted by molar-refractivity contribution is 5.92. The first kappa shape index (κ1) is 14.1. The molecule has 1 rings (SSSR count). The maximum Gasteiger partial charge on any atom is 0.331 e. The number of para-hydroxylation sites is 1. The fourth-order valence-electron chi connectivity index (χ4n) is 1.46. The second kappa shape index (κ2) is 6.10. The van der Waals surface area contributed by atoms with Gasteiger partial charge < -0.3 is 14.6 Å². The number of hydrogen-bond donors (Lipinski definition) is 1. The first-order valence-corrected chi connectivity index (χ1v) is 5.71. The van der Waals surface area contributed by atoms with Gasteiger partial charge in [-0.2, -0.15) is 0 Å². The van der Waals surface area contributed by atoms with E-state index in [1.54, 1.807) is 38.3 Å². The first-order valence-electron chi connectivity index (χ1n) is 5.71. The zero-order valence-corrected chi connectivity index (χ0v) is 11.1. The van der Waals surface area contributed by atoms with Crippen molar-refractivity contribution in [2.45, 2.75) is 26.9 Å². The Bertz CT molecular complexity index is 461. The predicted octanol–water partition coefficient (Wildman–Crippen LogP) is 2.97. The lowest BCUT2D eigenvalue weighted by atomic mass is 10.1. The van der Waals surface area contributed by atoms with Gasteiger partial charge in [-0.3, -0.25) is 0 Å². The highest BCUT2D eigenvalue weighted by Crippen LogP contribution is 2.33. The van der Waals surface area contributed by atoms with Crippen molar-refractivity contribution >= 4 is 12.0 Å². The summed E-state index contributed by atoms with van der Waals surface area (Å²) in [6.45, 7) is 5.36. The summed E-state index contributed by atoms with van der Waals surface area (Å²) in [7, 11) is 1.56. The van der Waals surface area contributed by atoms with E-state index in [2.05, 4.69) is 0 Å². The zero-order chi connectivity index (χ0) is 13.7. The van der Waals surface area contributed by atoms with Crippen LogP contribution in [0.15, 0.2) is 23.8 Å². The highest BCUT2D eigenvalue weighted by atomic mass is 16.5. The number of rotatable bonds is 5. The Morgan fingerprint density at radius 1 is 1.39 bits per heavy atom. The molecule has 0 saturated carbocycles. The van der Waals surface area contributed by atoms with Crippen LogP contribution in [0, 0.1) is 0 Å². The second-order valence-corrected chi connectivity index (χ2v) is 4.18. The fraction of sp³-hybridized carbons (Fsp3) is 0.357. The largest absolute Gasteiger partial charge is 0.493 e. The van der Waals surface area contributed by atoms with E-state index in [1.807, 2.05) is 13.8 Å². The third-order valence-electron chi connectivity index (χ3n) is 2.29. The molecule has 0 aromatic heterocycles. The van der Waals surface area contributed by atoms with Crippen molar-refractivity contribution < 1.29 is 19.4 Å². The highest BCUT2D eigenvalue weighted by Gasteiger charge is 2.12. The number of hydrogen-bond acceptors (Lipinski definition) is 3. The van der Waals surface area contributed by atoms with Gasteiger partial charge in [0.15, 0.2) is 11.5 Å². The lowest BCUT2D eigenvalue weighted by Gasteiger charge is -2.16. The number of ether oxygens (including phenoxy) is 2. The van der Waals surface area contributed by atoms with Gasteiger partial charge in [0.2, 0.25) is 0 Å². The summed E-state index contributed by atoms with van der Waals surface area (Å²) < 4.78 is 10.9. The Hall–Kier alpha value is -1.97. The van der Waals surface area contributed by atoms with Crippen molar-refractivity contribution in [1.82, 2.24) is 0 Å². The second-order valence-electron chi connectivity index (χ2n) is 4.18. The summed E-state index contributed by atoms with van der Waals surface area (Å²) in [5.41, 5.74) is 0.944. The smallest absolute Gasteiger partial charge is 0.331 e. The molecule has 1 aromatic carbocycles. The number of carboxylic acid groups (broad SMARTS) is 1. The van der Waals surface area contributed by atoms with E-state index < -0.39 is 5.97 Å². The van der Waals surface area contributed by atoms with Crippen LogP contribution in [0.2, 0.25) is 0 Å². The third kappa shape index (κ3) is 3.52. The molecule has 0 amide bonds. The lowest BCUT2D eigenvalue weighted by Crippen LogP contribution is -2.08. The van der Waals surface area contributed by atoms with Gasteiger partial charge in [0.1, 0.15) is 0 Å². The van der Waals surface area contributed by atoms with E-state index in [4.69, 9.17) is 14.6 Å². The number of carbonyl (C=O) groups is 1. The Balaban J connectivity index is 3.25. The van der Waals surface area contributed by atoms with E-state index >= 15 is 0 Å². The Morgan fingerprint density at radius 3 is 2.56 bits per heavy atom. The van der Waals surface area contributed by atoms with Crippen molar-refractivity contribution in [2.75, 3.05) is 7.11 Å². The van der Waals surface area contributed by atoms with Crippen molar-refractivity contribution in [2.24, 2.45) is 0 Å². The molecule has 0 heterocycles. The number of benzene rings is 1. The van der Waals surface area contributed by atoms with E-state index in [-0.39, 0.29) is 11.7 Å². The van der Waals surface area contributed by atoms with Crippen LogP contribution >= 0.6 is 0 Å². The molecule has 0 saturated heterocycles. The average Bonchev–Trinajstić information content (AvgIpc) is 2.30. The molecule has 98 valence electrons. The minimum atomic E-state index is -0.951. The Morgan fingerprint density at radius 2 is 2.06 bits per heavy atom. The molecule has 0 aliphatic rings. The van der Waals surface area contributed by atoms with Crippen LogP contribution < -0.4 is 9.47 Å². The minimum Gasteiger partial charge on any atom is -0.493 e. The topological polar surface area (TPSA) is 55.8 Å². The zero-order valence-electron chi connectivity index (χ0n) is 11.1. The number of carboxylic acids is 1. The van der Waals surface area contributed by atoms with Gasteiger partial charge in [-0.05, 0) is 32.9 Å². The van der Waals surface area contributed by atoms with Crippen LogP contribution in [0.4, 0.5) is 0 Å². The van der Waals surface area contributed by atoms with Crippen molar-refractivity contribution in [1.29, 1.82) is 0 Å². The first-order chi connectivity index (χ1) is 8.45. The summed E-state index contributed by atoms with van der Waals surface area (Å²) in [6, 6.07) is 5.38. The van der Waals surface area contributed by atoms with Gasteiger partial charge in [0.25, 0.3) is 0 Å². The van der Waals surface area contributed by atoms with E-state index in [1.165, 1.54) is 0 Å². The van der Waals surface area contributed by atoms with Gasteiger partial charge in [-0.1, -0.05) is 12.1 Å². The molecule has 4 heteroatoms. The molecule has 0 aliphatic carbocycles. The van der Waals surface area contributed by atoms with Crippen molar-refractivity contribution in [3.8, 4) is 11.5 Å². The van der Waals surface area contributed by atoms with Gasteiger partial charge in [0, 0.05) is 11.1 Å². The van der Waals surface area contributed by atoms with Gasteiger partial charge in [-0.15, -0.1) is 0 Å². The van der Waals surface area contributed by atoms with Crippen LogP contribution in [-0.2, 0) is 4.79 Å². The molecular weight excluding hydrogens is 232 g/mol. The molecule has 1 aromatic rings. The van der Waals surface area contributed by atoms with Crippen LogP contribution in [0.1, 0.15) is 26.3 Å². The van der Waals surface area contributed by atoms with E-state index in [0.29, 0.717) is 17.1 Å². The van der Waals surface area contributed by atoms with Crippen LogP contribution in [0.5, 0.6) is 11.5 Å². The maximum absolute atomic E-state index is 10.9. The van der Waals surface area contributed by atoms with Gasteiger partial charge >= 0.3 is 5.97 Å². The molecule has 0 unspecified atom stereocenters. The van der Waals surface area contributed by atoms with Crippen molar-refractivity contribution in [3.05, 3.63) is 29.3 Å². The maximum atomic E-state index is 10.9. The van der Waals surface area contributed by atoms with Crippen LogP contribution in [0.3, 0.4) is 0 Å². The molecule has 18 heavy (non-hydrogen) atoms. The predicted molar refractivity (Wildman–Crippen MR) is 70.0 cm³/mol. The lowest BCUT2D eigenvalue weighted by molar-refractivity contribution is -0.132. The van der Waals surface area contributed by atoms with Crippen LogP contribution in [-0.4, -0.2) is 24.3 Å². The fourth-order valence-corrected chi connectivity index (χ4v) is 1.46. The van der Waals surface area contributed by atoms with Crippen LogP contribution in [0.25, 0.3) is 6.08 Å².